The monoisotopic (exact) mass is 392 g/mol. The van der Waals surface area contributed by atoms with Gasteiger partial charge in [0.05, 0.1) is 12.5 Å². The molecule has 1 unspecified atom stereocenters. The van der Waals surface area contributed by atoms with Crippen molar-refractivity contribution in [3.63, 3.8) is 0 Å². The molecule has 1 fully saturated rings. The van der Waals surface area contributed by atoms with Gasteiger partial charge in [0.15, 0.2) is 5.76 Å². The fourth-order valence-electron chi connectivity index (χ4n) is 3.36. The van der Waals surface area contributed by atoms with Crippen LogP contribution in [-0.2, 0) is 26.0 Å². The van der Waals surface area contributed by atoms with Crippen molar-refractivity contribution < 1.29 is 22.5 Å². The van der Waals surface area contributed by atoms with E-state index in [-0.39, 0.29) is 29.8 Å². The molecule has 0 saturated carbocycles. The van der Waals surface area contributed by atoms with Gasteiger partial charge in [-0.15, -0.1) is 0 Å². The minimum absolute atomic E-state index is 0.0978. The van der Waals surface area contributed by atoms with E-state index in [0.717, 1.165) is 5.56 Å². The van der Waals surface area contributed by atoms with Crippen LogP contribution in [0.2, 0.25) is 0 Å². The number of esters is 1. The highest BCUT2D eigenvalue weighted by molar-refractivity contribution is 7.89. The topological polar surface area (TPSA) is 89.7 Å². The Kier molecular flexibility index (Phi) is 5.96. The first-order chi connectivity index (χ1) is 12.9. The van der Waals surface area contributed by atoms with Gasteiger partial charge in [0.1, 0.15) is 10.6 Å². The van der Waals surface area contributed by atoms with Gasteiger partial charge in [0.2, 0.25) is 10.0 Å². The molecule has 1 aromatic carbocycles. The summed E-state index contributed by atoms with van der Waals surface area (Å²) in [5, 5.41) is 3.73. The van der Waals surface area contributed by atoms with Gasteiger partial charge in [0, 0.05) is 19.5 Å². The van der Waals surface area contributed by atoms with Crippen molar-refractivity contribution in [2.24, 2.45) is 5.92 Å². The summed E-state index contributed by atoms with van der Waals surface area (Å²) in [4.78, 5) is 12.5. The zero-order chi connectivity index (χ0) is 19.4. The van der Waals surface area contributed by atoms with E-state index in [0.29, 0.717) is 31.5 Å². The average molecular weight is 392 g/mol. The number of piperidine rings is 1. The van der Waals surface area contributed by atoms with E-state index in [1.165, 1.54) is 4.31 Å². The molecule has 3 rings (SSSR count). The quantitative estimate of drug-likeness (QED) is 0.702. The SMILES string of the molecule is Cc1noc(C)c1S(=O)(=O)N1CCCC(C(=O)OCCc2ccccc2)C1. The van der Waals surface area contributed by atoms with Crippen LogP contribution in [0, 0.1) is 19.8 Å². The molecule has 1 aliphatic heterocycles. The second-order valence-electron chi connectivity index (χ2n) is 6.76. The van der Waals surface area contributed by atoms with Crippen LogP contribution in [0.1, 0.15) is 29.9 Å². The van der Waals surface area contributed by atoms with E-state index >= 15 is 0 Å². The van der Waals surface area contributed by atoms with Gasteiger partial charge in [-0.25, -0.2) is 8.42 Å². The molecule has 0 bridgehead atoms. The maximum absolute atomic E-state index is 12.9. The minimum atomic E-state index is -3.74. The molecular weight excluding hydrogens is 368 g/mol. The van der Waals surface area contributed by atoms with Gasteiger partial charge in [-0.3, -0.25) is 4.79 Å². The lowest BCUT2D eigenvalue weighted by molar-refractivity contribution is -0.149. The first kappa shape index (κ1) is 19.6. The number of aromatic nitrogens is 1. The van der Waals surface area contributed by atoms with Gasteiger partial charge >= 0.3 is 5.97 Å². The minimum Gasteiger partial charge on any atom is -0.465 e. The molecule has 0 N–H and O–H groups in total. The number of ether oxygens (including phenoxy) is 1. The fraction of sp³-hybridized carbons (Fsp3) is 0.474. The molecule has 1 saturated heterocycles. The number of benzene rings is 1. The van der Waals surface area contributed by atoms with E-state index in [9.17, 15) is 13.2 Å². The molecule has 1 atom stereocenters. The zero-order valence-corrected chi connectivity index (χ0v) is 16.4. The van der Waals surface area contributed by atoms with Gasteiger partial charge in [-0.05, 0) is 32.3 Å². The normalized spacial score (nSPS) is 18.4. The number of carbonyl (C=O) groups is 1. The number of aryl methyl sites for hydroxylation is 2. The zero-order valence-electron chi connectivity index (χ0n) is 15.6. The molecule has 1 aliphatic rings. The third-order valence-corrected chi connectivity index (χ3v) is 6.87. The predicted molar refractivity (Wildman–Crippen MR) is 98.6 cm³/mol. The summed E-state index contributed by atoms with van der Waals surface area (Å²) >= 11 is 0. The van der Waals surface area contributed by atoms with Crippen LogP contribution in [-0.4, -0.2) is 43.5 Å². The maximum atomic E-state index is 12.9. The van der Waals surface area contributed by atoms with Crippen molar-refractivity contribution in [3.8, 4) is 0 Å². The lowest BCUT2D eigenvalue weighted by Crippen LogP contribution is -2.43. The molecule has 27 heavy (non-hydrogen) atoms. The summed E-state index contributed by atoms with van der Waals surface area (Å²) in [6, 6.07) is 9.77. The number of nitrogens with zero attached hydrogens (tertiary/aromatic N) is 2. The Morgan fingerprint density at radius 2 is 2.04 bits per heavy atom. The standard InChI is InChI=1S/C19H24N2O5S/c1-14-18(15(2)26-20-14)27(23,24)21-11-6-9-17(13-21)19(22)25-12-10-16-7-4-3-5-8-16/h3-5,7-8,17H,6,9-13H2,1-2H3. The maximum Gasteiger partial charge on any atom is 0.310 e. The molecule has 146 valence electrons. The first-order valence-corrected chi connectivity index (χ1v) is 10.5. The smallest absolute Gasteiger partial charge is 0.310 e. The number of carbonyl (C=O) groups excluding carboxylic acids is 1. The van der Waals surface area contributed by atoms with Crippen LogP contribution < -0.4 is 0 Å². The third kappa shape index (κ3) is 4.39. The number of hydrogen-bond donors (Lipinski definition) is 0. The van der Waals surface area contributed by atoms with Gasteiger partial charge in [-0.1, -0.05) is 35.5 Å². The highest BCUT2D eigenvalue weighted by Gasteiger charge is 2.36. The summed E-state index contributed by atoms with van der Waals surface area (Å²) in [5.74, 6) is -0.533. The van der Waals surface area contributed by atoms with Crippen LogP contribution in [0.4, 0.5) is 0 Å². The Morgan fingerprint density at radius 1 is 1.30 bits per heavy atom. The highest BCUT2D eigenvalue weighted by Crippen LogP contribution is 2.28. The molecular formula is C19H24N2O5S. The molecule has 0 spiro atoms. The number of sulfonamides is 1. The Labute approximate surface area is 159 Å². The predicted octanol–water partition coefficient (Wildman–Crippen LogP) is 2.48. The van der Waals surface area contributed by atoms with Crippen molar-refractivity contribution >= 4 is 16.0 Å². The fourth-order valence-corrected chi connectivity index (χ4v) is 5.17. The van der Waals surface area contributed by atoms with E-state index in [1.54, 1.807) is 13.8 Å². The lowest BCUT2D eigenvalue weighted by atomic mass is 10.00. The summed E-state index contributed by atoms with van der Waals surface area (Å²) in [7, 11) is -3.74. The summed E-state index contributed by atoms with van der Waals surface area (Å²) in [6.45, 7) is 3.96. The molecule has 0 amide bonds. The molecule has 7 nitrogen and oxygen atoms in total. The summed E-state index contributed by atoms with van der Waals surface area (Å²) in [5.41, 5.74) is 1.43. The van der Waals surface area contributed by atoms with Crippen LogP contribution in [0.25, 0.3) is 0 Å². The molecule has 1 aromatic heterocycles. The molecule has 8 heteroatoms. The van der Waals surface area contributed by atoms with Gasteiger partial charge in [-0.2, -0.15) is 4.31 Å². The number of hydrogen-bond acceptors (Lipinski definition) is 6. The third-order valence-electron chi connectivity index (χ3n) is 4.76. The second-order valence-corrected chi connectivity index (χ2v) is 8.63. The first-order valence-electron chi connectivity index (χ1n) is 9.03. The summed E-state index contributed by atoms with van der Waals surface area (Å²) < 4.78 is 37.6. The Morgan fingerprint density at radius 3 is 2.70 bits per heavy atom. The molecule has 0 radical (unpaired) electrons. The van der Waals surface area contributed by atoms with Crippen LogP contribution in [0.5, 0.6) is 0 Å². The average Bonchev–Trinajstić information content (AvgIpc) is 3.01. The van der Waals surface area contributed by atoms with Crippen molar-refractivity contribution in [3.05, 3.63) is 47.3 Å². The molecule has 0 aliphatic carbocycles. The van der Waals surface area contributed by atoms with Crippen LogP contribution in [0.3, 0.4) is 0 Å². The summed E-state index contributed by atoms with van der Waals surface area (Å²) in [6.07, 6.45) is 1.87. The molecule has 2 heterocycles. The molecule has 2 aromatic rings. The van der Waals surface area contributed by atoms with Crippen LogP contribution in [0.15, 0.2) is 39.8 Å². The highest BCUT2D eigenvalue weighted by atomic mass is 32.2. The van der Waals surface area contributed by atoms with E-state index in [4.69, 9.17) is 9.26 Å². The van der Waals surface area contributed by atoms with Gasteiger partial charge in [0.25, 0.3) is 0 Å². The largest absolute Gasteiger partial charge is 0.465 e. The van der Waals surface area contributed by atoms with Crippen LogP contribution >= 0.6 is 0 Å². The Bertz CT molecular complexity index is 873. The number of rotatable bonds is 6. The van der Waals surface area contributed by atoms with Crippen molar-refractivity contribution in [2.75, 3.05) is 19.7 Å². The van der Waals surface area contributed by atoms with E-state index in [2.05, 4.69) is 5.16 Å². The van der Waals surface area contributed by atoms with Crippen molar-refractivity contribution in [1.82, 2.24) is 9.46 Å². The Balaban J connectivity index is 1.61. The van der Waals surface area contributed by atoms with E-state index < -0.39 is 15.9 Å². The van der Waals surface area contributed by atoms with Crippen molar-refractivity contribution in [1.29, 1.82) is 0 Å². The van der Waals surface area contributed by atoms with E-state index in [1.807, 2.05) is 30.3 Å². The second kappa shape index (κ2) is 8.22. The Hall–Kier alpha value is -2.19. The van der Waals surface area contributed by atoms with Crippen molar-refractivity contribution in [2.45, 2.75) is 38.0 Å². The lowest BCUT2D eigenvalue weighted by Gasteiger charge is -2.30. The van der Waals surface area contributed by atoms with Gasteiger partial charge < -0.3 is 9.26 Å².